The Bertz CT molecular complexity index is 1200. The van der Waals surface area contributed by atoms with Gasteiger partial charge in [0.1, 0.15) is 0 Å². The first-order valence-electron chi connectivity index (χ1n) is 8.23. The molecule has 3 rings (SSSR count). The maximum Gasteiger partial charge on any atom is 0.276 e. The van der Waals surface area contributed by atoms with Crippen LogP contribution in [0.3, 0.4) is 0 Å². The number of aryl methyl sites for hydroxylation is 1. The van der Waals surface area contributed by atoms with Crippen LogP contribution in [0.25, 0.3) is 0 Å². The van der Waals surface area contributed by atoms with E-state index < -0.39 is 20.9 Å². The highest BCUT2D eigenvalue weighted by atomic mass is 35.5. The fourth-order valence-electron chi connectivity index (χ4n) is 2.48. The lowest BCUT2D eigenvalue weighted by Crippen LogP contribution is -2.18. The fraction of sp³-hybridized carbons (Fsp3) is 0.105. The lowest BCUT2D eigenvalue weighted by Gasteiger charge is -2.10. The minimum atomic E-state index is -3.90. The number of rotatable bonds is 5. The molecule has 0 bridgehead atoms. The predicted molar refractivity (Wildman–Crippen MR) is 114 cm³/mol. The number of carbonyl (C=O) groups excluding carboxylic acids is 1. The molecular formula is C19H14Cl3N3O3S. The summed E-state index contributed by atoms with van der Waals surface area (Å²) in [4.78, 5) is 20.3. The highest BCUT2D eigenvalue weighted by molar-refractivity contribution is 7.90. The molecule has 0 aliphatic carbocycles. The topological polar surface area (TPSA) is 89.0 Å². The molecule has 0 aliphatic heterocycles. The van der Waals surface area contributed by atoms with Crippen LogP contribution >= 0.6 is 34.8 Å². The van der Waals surface area contributed by atoms with Gasteiger partial charge in [-0.1, -0.05) is 59.1 Å². The van der Waals surface area contributed by atoms with Crippen LogP contribution in [-0.4, -0.2) is 24.3 Å². The molecule has 29 heavy (non-hydrogen) atoms. The van der Waals surface area contributed by atoms with E-state index >= 15 is 0 Å². The minimum Gasteiger partial charge on any atom is -0.319 e. The number of hydrogen-bond acceptors (Lipinski definition) is 5. The second-order valence-electron chi connectivity index (χ2n) is 6.11. The SMILES string of the molecule is Cc1ccccc1CS(=O)(=O)c1ncc(Cl)c(C(=O)Nc2cc(Cl)ccc2Cl)n1. The quantitative estimate of drug-likeness (QED) is 0.532. The molecule has 6 nitrogen and oxygen atoms in total. The Balaban J connectivity index is 1.92. The van der Waals surface area contributed by atoms with E-state index in [4.69, 9.17) is 34.8 Å². The zero-order valence-electron chi connectivity index (χ0n) is 15.0. The molecule has 150 valence electrons. The summed E-state index contributed by atoms with van der Waals surface area (Å²) in [6.07, 6.45) is 1.08. The highest BCUT2D eigenvalue weighted by Gasteiger charge is 2.24. The average Bonchev–Trinajstić information content (AvgIpc) is 2.66. The van der Waals surface area contributed by atoms with Gasteiger partial charge in [-0.05, 0) is 36.2 Å². The van der Waals surface area contributed by atoms with Crippen molar-refractivity contribution < 1.29 is 13.2 Å². The number of aromatic nitrogens is 2. The second-order valence-corrected chi connectivity index (χ2v) is 9.25. The largest absolute Gasteiger partial charge is 0.319 e. The molecular weight excluding hydrogens is 457 g/mol. The van der Waals surface area contributed by atoms with Gasteiger partial charge < -0.3 is 5.32 Å². The number of hydrogen-bond donors (Lipinski definition) is 1. The van der Waals surface area contributed by atoms with Crippen molar-refractivity contribution in [3.05, 3.63) is 80.6 Å². The zero-order valence-corrected chi connectivity index (χ0v) is 18.1. The summed E-state index contributed by atoms with van der Waals surface area (Å²) in [5.41, 5.74) is 1.38. The first kappa shape index (κ1) is 21.5. The summed E-state index contributed by atoms with van der Waals surface area (Å²) in [5, 5.41) is 2.54. The first-order chi connectivity index (χ1) is 13.7. The molecule has 0 fully saturated rings. The van der Waals surface area contributed by atoms with Crippen LogP contribution in [0.1, 0.15) is 21.6 Å². The number of benzene rings is 2. The van der Waals surface area contributed by atoms with Crippen molar-refractivity contribution in [2.45, 2.75) is 17.8 Å². The van der Waals surface area contributed by atoms with Gasteiger partial charge in [0.25, 0.3) is 5.91 Å². The van der Waals surface area contributed by atoms with Gasteiger partial charge >= 0.3 is 0 Å². The molecule has 1 heterocycles. The van der Waals surface area contributed by atoms with Gasteiger partial charge in [-0.25, -0.2) is 18.4 Å². The molecule has 0 unspecified atom stereocenters. The second kappa shape index (κ2) is 8.67. The summed E-state index contributed by atoms with van der Waals surface area (Å²) < 4.78 is 25.5. The number of carbonyl (C=O) groups is 1. The Morgan fingerprint density at radius 2 is 1.79 bits per heavy atom. The standard InChI is InChI=1S/C19H14Cl3N3O3S/c1-11-4-2-3-5-12(11)10-29(27,28)19-23-9-15(22)17(25-19)18(26)24-16-8-13(20)6-7-14(16)21/h2-9H,10H2,1H3,(H,24,26). The van der Waals surface area contributed by atoms with E-state index in [1.807, 2.05) is 6.07 Å². The van der Waals surface area contributed by atoms with E-state index in [2.05, 4.69) is 15.3 Å². The van der Waals surface area contributed by atoms with Crippen molar-refractivity contribution >= 4 is 56.2 Å². The Labute approximate surface area is 182 Å². The number of halogens is 3. The van der Waals surface area contributed by atoms with Crippen molar-refractivity contribution in [2.24, 2.45) is 0 Å². The molecule has 0 saturated carbocycles. The van der Waals surface area contributed by atoms with E-state index in [9.17, 15) is 13.2 Å². The summed E-state index contributed by atoms with van der Waals surface area (Å²) >= 11 is 18.0. The third-order valence-corrected chi connectivity index (χ3v) is 6.28. The Morgan fingerprint density at radius 3 is 2.52 bits per heavy atom. The number of nitrogens with one attached hydrogen (secondary N) is 1. The van der Waals surface area contributed by atoms with Crippen LogP contribution in [0.15, 0.2) is 53.8 Å². The smallest absolute Gasteiger partial charge is 0.276 e. The molecule has 0 aliphatic rings. The van der Waals surface area contributed by atoms with E-state index in [1.54, 1.807) is 31.2 Å². The number of nitrogens with zero attached hydrogens (tertiary/aromatic N) is 2. The van der Waals surface area contributed by atoms with E-state index in [-0.39, 0.29) is 27.2 Å². The summed E-state index contributed by atoms with van der Waals surface area (Å²) in [7, 11) is -3.90. The Morgan fingerprint density at radius 1 is 1.07 bits per heavy atom. The molecule has 1 amide bonds. The first-order valence-corrected chi connectivity index (χ1v) is 11.0. The molecule has 1 aromatic heterocycles. The van der Waals surface area contributed by atoms with Crippen LogP contribution in [-0.2, 0) is 15.6 Å². The molecule has 1 N–H and O–H groups in total. The predicted octanol–water partition coefficient (Wildman–Crippen LogP) is 4.97. The molecule has 0 saturated heterocycles. The lowest BCUT2D eigenvalue weighted by molar-refractivity contribution is 0.102. The Hall–Kier alpha value is -2.19. The summed E-state index contributed by atoms with van der Waals surface area (Å²) in [6, 6.07) is 11.6. The summed E-state index contributed by atoms with van der Waals surface area (Å²) in [5.74, 6) is -1.04. The monoisotopic (exact) mass is 469 g/mol. The molecule has 0 atom stereocenters. The molecule has 0 spiro atoms. The van der Waals surface area contributed by atoms with Gasteiger partial charge in [0.15, 0.2) is 5.69 Å². The maximum atomic E-state index is 12.8. The zero-order chi connectivity index (χ0) is 21.2. The number of anilines is 1. The molecule has 2 aromatic carbocycles. The van der Waals surface area contributed by atoms with Gasteiger partial charge in [-0.3, -0.25) is 4.79 Å². The van der Waals surface area contributed by atoms with Gasteiger partial charge in [0.05, 0.1) is 27.7 Å². The van der Waals surface area contributed by atoms with Crippen LogP contribution in [0.4, 0.5) is 5.69 Å². The normalized spacial score (nSPS) is 11.3. The van der Waals surface area contributed by atoms with Crippen molar-refractivity contribution in [3.8, 4) is 0 Å². The van der Waals surface area contributed by atoms with Crippen LogP contribution in [0.2, 0.25) is 15.1 Å². The van der Waals surface area contributed by atoms with E-state index in [1.165, 1.54) is 12.1 Å². The highest BCUT2D eigenvalue weighted by Crippen LogP contribution is 2.27. The van der Waals surface area contributed by atoms with Gasteiger partial charge in [-0.2, -0.15) is 0 Å². The Kier molecular flexibility index (Phi) is 6.43. The van der Waals surface area contributed by atoms with E-state index in [0.29, 0.717) is 10.6 Å². The molecule has 3 aromatic rings. The number of sulfone groups is 1. The van der Waals surface area contributed by atoms with Gasteiger partial charge in [0, 0.05) is 5.02 Å². The third kappa shape index (κ3) is 5.05. The lowest BCUT2D eigenvalue weighted by atomic mass is 10.1. The van der Waals surface area contributed by atoms with Crippen molar-refractivity contribution in [1.29, 1.82) is 0 Å². The minimum absolute atomic E-state index is 0.101. The van der Waals surface area contributed by atoms with Crippen molar-refractivity contribution in [3.63, 3.8) is 0 Å². The van der Waals surface area contributed by atoms with E-state index in [0.717, 1.165) is 11.8 Å². The molecule has 0 radical (unpaired) electrons. The van der Waals surface area contributed by atoms with Gasteiger partial charge in [-0.15, -0.1) is 0 Å². The van der Waals surface area contributed by atoms with Crippen molar-refractivity contribution in [1.82, 2.24) is 9.97 Å². The average molecular weight is 471 g/mol. The van der Waals surface area contributed by atoms with Crippen LogP contribution in [0, 0.1) is 6.92 Å². The molecule has 10 heteroatoms. The third-order valence-electron chi connectivity index (χ3n) is 4.00. The van der Waals surface area contributed by atoms with Crippen molar-refractivity contribution in [2.75, 3.05) is 5.32 Å². The number of amides is 1. The van der Waals surface area contributed by atoms with Crippen LogP contribution < -0.4 is 5.32 Å². The maximum absolute atomic E-state index is 12.8. The van der Waals surface area contributed by atoms with Gasteiger partial charge in [0.2, 0.25) is 15.0 Å². The fourth-order valence-corrected chi connectivity index (χ4v) is 4.30. The summed E-state index contributed by atoms with van der Waals surface area (Å²) in [6.45, 7) is 1.81. The van der Waals surface area contributed by atoms with Crippen LogP contribution in [0.5, 0.6) is 0 Å².